The molecule has 0 aliphatic heterocycles. The molecule has 0 aliphatic rings. The Balaban J connectivity index is 4.42. The molecule has 1 N–H and O–H groups in total. The zero-order valence-electron chi connectivity index (χ0n) is 8.33. The molecule has 0 aromatic carbocycles. The zero-order valence-corrected chi connectivity index (χ0v) is 8.33. The van der Waals surface area contributed by atoms with Crippen LogP contribution in [-0.2, 0) is 4.79 Å². The summed E-state index contributed by atoms with van der Waals surface area (Å²) in [6, 6.07) is -0.141. The zero-order chi connectivity index (χ0) is 11.4. The van der Waals surface area contributed by atoms with E-state index in [2.05, 4.69) is 6.58 Å². The molecule has 0 saturated heterocycles. The molecular formula is C9H15F2NO2. The Morgan fingerprint density at radius 3 is 2.43 bits per heavy atom. The van der Waals surface area contributed by atoms with E-state index in [0.29, 0.717) is 0 Å². The largest absolute Gasteiger partial charge is 0.477 e. The van der Waals surface area contributed by atoms with Crippen LogP contribution < -0.4 is 0 Å². The number of carboxylic acids is 1. The average molecular weight is 207 g/mol. The minimum absolute atomic E-state index is 0.141. The predicted octanol–water partition coefficient (Wildman–Crippen LogP) is 1.60. The quantitative estimate of drug-likeness (QED) is 0.672. The van der Waals surface area contributed by atoms with Gasteiger partial charge >= 0.3 is 11.9 Å². The molecule has 0 aliphatic carbocycles. The highest BCUT2D eigenvalue weighted by atomic mass is 19.3. The number of halogens is 2. The summed E-state index contributed by atoms with van der Waals surface area (Å²) >= 11 is 0. The molecule has 0 unspecified atom stereocenters. The van der Waals surface area contributed by atoms with Gasteiger partial charge < -0.3 is 5.11 Å². The van der Waals surface area contributed by atoms with Crippen molar-refractivity contribution in [2.45, 2.75) is 25.8 Å². The first-order valence-electron chi connectivity index (χ1n) is 4.27. The van der Waals surface area contributed by atoms with Crippen molar-refractivity contribution in [1.82, 2.24) is 4.90 Å². The van der Waals surface area contributed by atoms with Crippen LogP contribution in [0, 0.1) is 0 Å². The topological polar surface area (TPSA) is 40.5 Å². The minimum atomic E-state index is -3.70. The van der Waals surface area contributed by atoms with Crippen LogP contribution in [0.2, 0.25) is 0 Å². The number of carbonyl (C=O) groups is 1. The Hall–Kier alpha value is -0.970. The summed E-state index contributed by atoms with van der Waals surface area (Å²) in [5.74, 6) is -5.79. The van der Waals surface area contributed by atoms with Crippen molar-refractivity contribution in [3.05, 3.63) is 12.7 Å². The van der Waals surface area contributed by atoms with Gasteiger partial charge in [-0.25, -0.2) is 4.79 Å². The fraction of sp³-hybridized carbons (Fsp3) is 0.667. The molecule has 0 rings (SSSR count). The van der Waals surface area contributed by atoms with Crippen molar-refractivity contribution < 1.29 is 18.7 Å². The molecule has 0 atom stereocenters. The number of alkyl halides is 2. The third-order valence-corrected chi connectivity index (χ3v) is 1.81. The van der Waals surface area contributed by atoms with E-state index in [4.69, 9.17) is 5.11 Å². The van der Waals surface area contributed by atoms with Crippen molar-refractivity contribution >= 4 is 5.97 Å². The maximum absolute atomic E-state index is 12.8. The van der Waals surface area contributed by atoms with E-state index in [1.807, 2.05) is 0 Å². The first-order valence-corrected chi connectivity index (χ1v) is 4.27. The van der Waals surface area contributed by atoms with Gasteiger partial charge in [-0.1, -0.05) is 6.08 Å². The Morgan fingerprint density at radius 2 is 2.14 bits per heavy atom. The van der Waals surface area contributed by atoms with E-state index in [1.165, 1.54) is 11.0 Å². The first-order chi connectivity index (χ1) is 6.31. The molecule has 0 saturated carbocycles. The molecular weight excluding hydrogens is 192 g/mol. The van der Waals surface area contributed by atoms with Crippen LogP contribution in [0.25, 0.3) is 0 Å². The smallest absolute Gasteiger partial charge is 0.375 e. The fourth-order valence-corrected chi connectivity index (χ4v) is 0.946. The Labute approximate surface area is 82.0 Å². The lowest BCUT2D eigenvalue weighted by molar-refractivity contribution is -0.167. The van der Waals surface area contributed by atoms with Crippen molar-refractivity contribution in [2.75, 3.05) is 13.1 Å². The summed E-state index contributed by atoms with van der Waals surface area (Å²) in [6.07, 6.45) is 1.47. The third kappa shape index (κ3) is 3.83. The van der Waals surface area contributed by atoms with Crippen LogP contribution in [-0.4, -0.2) is 41.0 Å². The lowest BCUT2D eigenvalue weighted by atomic mass is 10.2. The predicted molar refractivity (Wildman–Crippen MR) is 49.5 cm³/mol. The molecule has 5 heteroatoms. The van der Waals surface area contributed by atoms with Crippen LogP contribution in [0.15, 0.2) is 12.7 Å². The second kappa shape index (κ2) is 5.05. The van der Waals surface area contributed by atoms with E-state index in [9.17, 15) is 13.6 Å². The summed E-state index contributed by atoms with van der Waals surface area (Å²) < 4.78 is 25.6. The van der Waals surface area contributed by atoms with E-state index < -0.39 is 18.4 Å². The SMILES string of the molecule is C=CCN(CC(F)(F)C(=O)O)C(C)C. The maximum Gasteiger partial charge on any atom is 0.375 e. The van der Waals surface area contributed by atoms with Gasteiger partial charge in [0.2, 0.25) is 0 Å². The summed E-state index contributed by atoms with van der Waals surface area (Å²) in [7, 11) is 0. The number of hydrogen-bond donors (Lipinski definition) is 1. The summed E-state index contributed by atoms with van der Waals surface area (Å²) in [5.41, 5.74) is 0. The van der Waals surface area contributed by atoms with Gasteiger partial charge in [-0.2, -0.15) is 8.78 Å². The van der Waals surface area contributed by atoms with Crippen molar-refractivity contribution in [1.29, 1.82) is 0 Å². The minimum Gasteiger partial charge on any atom is -0.477 e. The molecule has 14 heavy (non-hydrogen) atoms. The van der Waals surface area contributed by atoms with Crippen molar-refractivity contribution in [2.24, 2.45) is 0 Å². The molecule has 0 radical (unpaired) electrons. The molecule has 0 aromatic heterocycles. The van der Waals surface area contributed by atoms with Gasteiger partial charge in [-0.3, -0.25) is 4.90 Å². The first kappa shape index (κ1) is 13.0. The highest BCUT2D eigenvalue weighted by molar-refractivity contribution is 5.75. The summed E-state index contributed by atoms with van der Waals surface area (Å²) in [4.78, 5) is 11.5. The van der Waals surface area contributed by atoms with Crippen LogP contribution in [0.1, 0.15) is 13.8 Å². The van der Waals surface area contributed by atoms with Gasteiger partial charge in [-0.05, 0) is 13.8 Å². The number of hydrogen-bond acceptors (Lipinski definition) is 2. The molecule has 82 valence electrons. The molecule has 0 spiro atoms. The molecule has 0 heterocycles. The van der Waals surface area contributed by atoms with Gasteiger partial charge in [0, 0.05) is 12.6 Å². The molecule has 0 bridgehead atoms. The normalized spacial score (nSPS) is 12.1. The second-order valence-electron chi connectivity index (χ2n) is 3.32. The van der Waals surface area contributed by atoms with Gasteiger partial charge in [0.1, 0.15) is 0 Å². The number of carboxylic acid groups (broad SMARTS) is 1. The molecule has 3 nitrogen and oxygen atoms in total. The Kier molecular flexibility index (Phi) is 4.70. The van der Waals surface area contributed by atoms with Gasteiger partial charge in [0.05, 0.1) is 6.54 Å². The average Bonchev–Trinajstić information content (AvgIpc) is 2.02. The van der Waals surface area contributed by atoms with Crippen LogP contribution in [0.3, 0.4) is 0 Å². The highest BCUT2D eigenvalue weighted by Gasteiger charge is 2.40. The van der Waals surface area contributed by atoms with Gasteiger partial charge in [0.25, 0.3) is 0 Å². The maximum atomic E-state index is 12.8. The van der Waals surface area contributed by atoms with Crippen LogP contribution >= 0.6 is 0 Å². The van der Waals surface area contributed by atoms with Crippen molar-refractivity contribution in [3.8, 4) is 0 Å². The van der Waals surface area contributed by atoms with Gasteiger partial charge in [-0.15, -0.1) is 6.58 Å². The fourth-order valence-electron chi connectivity index (χ4n) is 0.946. The van der Waals surface area contributed by atoms with E-state index in [-0.39, 0.29) is 12.6 Å². The van der Waals surface area contributed by atoms with E-state index >= 15 is 0 Å². The van der Waals surface area contributed by atoms with E-state index in [1.54, 1.807) is 13.8 Å². The summed E-state index contributed by atoms with van der Waals surface area (Å²) in [6.45, 7) is 6.34. The monoisotopic (exact) mass is 207 g/mol. The number of nitrogens with zero attached hydrogens (tertiary/aromatic N) is 1. The number of rotatable bonds is 6. The highest BCUT2D eigenvalue weighted by Crippen LogP contribution is 2.16. The van der Waals surface area contributed by atoms with Crippen LogP contribution in [0.5, 0.6) is 0 Å². The Morgan fingerprint density at radius 1 is 1.64 bits per heavy atom. The van der Waals surface area contributed by atoms with Gasteiger partial charge in [0.15, 0.2) is 0 Å². The lowest BCUT2D eigenvalue weighted by Crippen LogP contribution is -2.45. The standard InChI is InChI=1S/C9H15F2NO2/c1-4-5-12(7(2)3)6-9(10,11)8(13)14/h4,7H,1,5-6H2,2-3H3,(H,13,14). The second-order valence-corrected chi connectivity index (χ2v) is 3.32. The number of aliphatic carboxylic acids is 1. The molecule has 0 aromatic rings. The van der Waals surface area contributed by atoms with E-state index in [0.717, 1.165) is 0 Å². The summed E-state index contributed by atoms with van der Waals surface area (Å²) in [5, 5.41) is 8.24. The van der Waals surface area contributed by atoms with Crippen LogP contribution in [0.4, 0.5) is 8.78 Å². The molecule has 0 fully saturated rings. The van der Waals surface area contributed by atoms with Crippen molar-refractivity contribution in [3.63, 3.8) is 0 Å². The Bertz CT molecular complexity index is 217. The molecule has 0 amide bonds. The third-order valence-electron chi connectivity index (χ3n) is 1.81. The lowest BCUT2D eigenvalue weighted by Gasteiger charge is -2.27.